The highest BCUT2D eigenvalue weighted by Gasteiger charge is 2.22. The molecule has 1 aromatic carbocycles. The van der Waals surface area contributed by atoms with Gasteiger partial charge in [0.15, 0.2) is 0 Å². The summed E-state index contributed by atoms with van der Waals surface area (Å²) in [6.07, 6.45) is 2.85. The number of amides is 1. The van der Waals surface area contributed by atoms with E-state index in [9.17, 15) is 4.79 Å². The molecule has 0 aliphatic carbocycles. The largest absolute Gasteiger partial charge is 0.497 e. The molecule has 1 unspecified atom stereocenters. The van der Waals surface area contributed by atoms with E-state index in [1.54, 1.807) is 13.4 Å². The van der Waals surface area contributed by atoms with Crippen molar-refractivity contribution in [3.63, 3.8) is 0 Å². The van der Waals surface area contributed by atoms with Gasteiger partial charge < -0.3 is 19.9 Å². The van der Waals surface area contributed by atoms with Gasteiger partial charge in [-0.2, -0.15) is 0 Å². The van der Waals surface area contributed by atoms with Crippen LogP contribution in [0.1, 0.15) is 11.3 Å². The lowest BCUT2D eigenvalue weighted by atomic mass is 10.0. The van der Waals surface area contributed by atoms with Gasteiger partial charge >= 0.3 is 0 Å². The van der Waals surface area contributed by atoms with Crippen LogP contribution in [-0.2, 0) is 17.6 Å². The molecule has 0 spiro atoms. The van der Waals surface area contributed by atoms with Crippen LogP contribution < -0.4 is 15.0 Å². The average molecular weight is 383 g/mol. The SMILES string of the molecule is COc1ccc(CC(=O)N2CCNCC(Cc3cc(N(C)C)ncn3)C2)cc1. The Balaban J connectivity index is 1.62. The number of aromatic nitrogens is 2. The lowest BCUT2D eigenvalue weighted by molar-refractivity contribution is -0.130. The minimum absolute atomic E-state index is 0.163. The van der Waals surface area contributed by atoms with E-state index in [0.717, 1.165) is 55.4 Å². The number of carbonyl (C=O) groups excluding carboxylic acids is 1. The minimum atomic E-state index is 0.163. The first-order chi connectivity index (χ1) is 13.5. The molecule has 7 heteroatoms. The van der Waals surface area contributed by atoms with Crippen molar-refractivity contribution in [3.05, 3.63) is 47.9 Å². The van der Waals surface area contributed by atoms with E-state index in [0.29, 0.717) is 12.3 Å². The van der Waals surface area contributed by atoms with Crippen LogP contribution in [0.2, 0.25) is 0 Å². The number of nitrogens with one attached hydrogen (secondary N) is 1. The van der Waals surface area contributed by atoms with Crippen molar-refractivity contribution in [3.8, 4) is 5.75 Å². The van der Waals surface area contributed by atoms with Crippen molar-refractivity contribution in [2.24, 2.45) is 5.92 Å². The van der Waals surface area contributed by atoms with Crippen LogP contribution >= 0.6 is 0 Å². The molecule has 1 N–H and O–H groups in total. The molecule has 0 radical (unpaired) electrons. The second-order valence-corrected chi connectivity index (χ2v) is 7.40. The van der Waals surface area contributed by atoms with Crippen molar-refractivity contribution in [1.29, 1.82) is 0 Å². The molecule has 7 nitrogen and oxygen atoms in total. The number of benzene rings is 1. The first-order valence-electron chi connectivity index (χ1n) is 9.65. The maximum atomic E-state index is 12.9. The van der Waals surface area contributed by atoms with Gasteiger partial charge in [-0.25, -0.2) is 9.97 Å². The molecule has 2 heterocycles. The molecule has 0 saturated carbocycles. The number of methoxy groups -OCH3 is 1. The van der Waals surface area contributed by atoms with E-state index >= 15 is 0 Å². The third-order valence-electron chi connectivity index (χ3n) is 5.00. The van der Waals surface area contributed by atoms with Crippen LogP contribution in [0.5, 0.6) is 5.75 Å². The van der Waals surface area contributed by atoms with E-state index in [2.05, 4.69) is 15.3 Å². The van der Waals surface area contributed by atoms with E-state index in [4.69, 9.17) is 4.74 Å². The van der Waals surface area contributed by atoms with Crippen LogP contribution in [0, 0.1) is 5.92 Å². The first kappa shape index (κ1) is 20.1. The Bertz CT molecular complexity index is 779. The summed E-state index contributed by atoms with van der Waals surface area (Å²) in [6, 6.07) is 9.72. The Kier molecular flexibility index (Phi) is 6.81. The fourth-order valence-electron chi connectivity index (χ4n) is 3.42. The van der Waals surface area contributed by atoms with Crippen LogP contribution in [0.4, 0.5) is 5.82 Å². The Labute approximate surface area is 166 Å². The summed E-state index contributed by atoms with van der Waals surface area (Å²) in [5.74, 6) is 2.19. The third kappa shape index (κ3) is 5.42. The number of nitrogens with zero attached hydrogens (tertiary/aromatic N) is 4. The maximum Gasteiger partial charge on any atom is 0.227 e. The second kappa shape index (κ2) is 9.50. The summed E-state index contributed by atoms with van der Waals surface area (Å²) in [5, 5.41) is 3.45. The zero-order chi connectivity index (χ0) is 19.9. The third-order valence-corrected chi connectivity index (χ3v) is 5.00. The Morgan fingerprint density at radius 1 is 1.29 bits per heavy atom. The number of anilines is 1. The highest BCUT2D eigenvalue weighted by Crippen LogP contribution is 2.16. The van der Waals surface area contributed by atoms with Crippen LogP contribution in [-0.4, -0.2) is 68.2 Å². The summed E-state index contributed by atoms with van der Waals surface area (Å²) in [6.45, 7) is 3.17. The lowest BCUT2D eigenvalue weighted by Gasteiger charge is -2.24. The summed E-state index contributed by atoms with van der Waals surface area (Å²) >= 11 is 0. The van der Waals surface area contributed by atoms with E-state index in [1.165, 1.54) is 0 Å². The van der Waals surface area contributed by atoms with Gasteiger partial charge in [-0.1, -0.05) is 12.1 Å². The zero-order valence-corrected chi connectivity index (χ0v) is 16.9. The summed E-state index contributed by atoms with van der Waals surface area (Å²) < 4.78 is 5.18. The van der Waals surface area contributed by atoms with Gasteiger partial charge in [-0.3, -0.25) is 4.79 Å². The van der Waals surface area contributed by atoms with Crippen LogP contribution in [0.15, 0.2) is 36.7 Å². The van der Waals surface area contributed by atoms with E-state index in [-0.39, 0.29) is 5.91 Å². The Morgan fingerprint density at radius 3 is 2.79 bits per heavy atom. The fourth-order valence-corrected chi connectivity index (χ4v) is 3.42. The zero-order valence-electron chi connectivity index (χ0n) is 16.9. The normalized spacial score (nSPS) is 17.1. The monoisotopic (exact) mass is 383 g/mol. The predicted octanol–water partition coefficient (Wildman–Crippen LogP) is 1.38. The standard InChI is InChI=1S/C21H29N5O2/c1-25(2)20-12-18(23-15-24-20)10-17-13-22-8-9-26(14-17)21(27)11-16-4-6-19(28-3)7-5-16/h4-7,12,15,17,22H,8-11,13-14H2,1-3H3. The maximum absolute atomic E-state index is 12.9. The molecule has 1 aliphatic rings. The molecule has 1 atom stereocenters. The topological polar surface area (TPSA) is 70.6 Å². The van der Waals surface area contributed by atoms with Gasteiger partial charge in [0.2, 0.25) is 5.91 Å². The highest BCUT2D eigenvalue weighted by atomic mass is 16.5. The number of hydrogen-bond acceptors (Lipinski definition) is 6. The summed E-state index contributed by atoms with van der Waals surface area (Å²) in [5.41, 5.74) is 2.01. The molecule has 1 aromatic heterocycles. The Morgan fingerprint density at radius 2 is 2.07 bits per heavy atom. The minimum Gasteiger partial charge on any atom is -0.497 e. The van der Waals surface area contributed by atoms with E-state index in [1.807, 2.05) is 54.2 Å². The van der Waals surface area contributed by atoms with Gasteiger partial charge in [0.25, 0.3) is 0 Å². The molecule has 28 heavy (non-hydrogen) atoms. The second-order valence-electron chi connectivity index (χ2n) is 7.40. The molecular weight excluding hydrogens is 354 g/mol. The van der Waals surface area contributed by atoms with E-state index < -0.39 is 0 Å². The van der Waals surface area contributed by atoms with Gasteiger partial charge in [-0.15, -0.1) is 0 Å². The quantitative estimate of drug-likeness (QED) is 0.813. The smallest absolute Gasteiger partial charge is 0.227 e. The first-order valence-corrected chi connectivity index (χ1v) is 9.65. The number of rotatable bonds is 6. The lowest BCUT2D eigenvalue weighted by Crippen LogP contribution is -2.37. The molecular formula is C21H29N5O2. The van der Waals surface area contributed by atoms with Gasteiger partial charge in [0.1, 0.15) is 17.9 Å². The van der Waals surface area contributed by atoms with Crippen molar-refractivity contribution < 1.29 is 9.53 Å². The summed E-state index contributed by atoms with van der Waals surface area (Å²) in [4.78, 5) is 25.5. The van der Waals surface area contributed by atoms with Crippen molar-refractivity contribution in [2.75, 3.05) is 52.3 Å². The molecule has 2 aromatic rings. The van der Waals surface area contributed by atoms with Crippen molar-refractivity contribution in [2.45, 2.75) is 12.8 Å². The number of ether oxygens (including phenoxy) is 1. The predicted molar refractivity (Wildman–Crippen MR) is 110 cm³/mol. The van der Waals surface area contributed by atoms with Gasteiger partial charge in [0.05, 0.1) is 13.5 Å². The van der Waals surface area contributed by atoms with Crippen LogP contribution in [0.3, 0.4) is 0 Å². The number of hydrogen-bond donors (Lipinski definition) is 1. The van der Waals surface area contributed by atoms with Crippen LogP contribution in [0.25, 0.3) is 0 Å². The molecule has 1 amide bonds. The molecule has 3 rings (SSSR count). The van der Waals surface area contributed by atoms with Crippen molar-refractivity contribution >= 4 is 11.7 Å². The molecule has 0 bridgehead atoms. The molecule has 1 fully saturated rings. The van der Waals surface area contributed by atoms with Crippen molar-refractivity contribution in [1.82, 2.24) is 20.2 Å². The molecule has 1 saturated heterocycles. The highest BCUT2D eigenvalue weighted by molar-refractivity contribution is 5.78. The van der Waals surface area contributed by atoms with Gasteiger partial charge in [-0.05, 0) is 30.0 Å². The fraction of sp³-hybridized carbons (Fsp3) is 0.476. The van der Waals surface area contributed by atoms with Gasteiger partial charge in [0, 0.05) is 52.0 Å². The number of carbonyl (C=O) groups is 1. The molecule has 150 valence electrons. The summed E-state index contributed by atoms with van der Waals surface area (Å²) in [7, 11) is 5.58. The Hall–Kier alpha value is -2.67. The molecule has 1 aliphatic heterocycles. The average Bonchev–Trinajstić information content (AvgIpc) is 2.94.